The van der Waals surface area contributed by atoms with Crippen molar-refractivity contribution in [2.45, 2.75) is 25.3 Å². The number of nitrogens with zero attached hydrogens (tertiary/aromatic N) is 2. The molecule has 2 saturated heterocycles. The first-order chi connectivity index (χ1) is 11.7. The maximum atomic E-state index is 13.2. The van der Waals surface area contributed by atoms with E-state index in [1.54, 1.807) is 0 Å². The number of hydrogen-bond donors (Lipinski definition) is 0. The number of carbonyl (C=O) groups excluding carboxylic acids is 1. The van der Waals surface area contributed by atoms with Crippen LogP contribution in [0.15, 0.2) is 24.3 Å². The number of amides is 1. The van der Waals surface area contributed by atoms with Crippen molar-refractivity contribution in [3.63, 3.8) is 0 Å². The van der Waals surface area contributed by atoms with Gasteiger partial charge in [-0.05, 0) is 18.4 Å². The van der Waals surface area contributed by atoms with Crippen LogP contribution in [0.25, 0.3) is 0 Å². The highest BCUT2D eigenvalue weighted by molar-refractivity contribution is 5.85. The Bertz CT molecular complexity index is 600. The lowest BCUT2D eigenvalue weighted by atomic mass is 9.92. The zero-order chi connectivity index (χ0) is 16.5. The average molecular weight is 330 g/mol. The Balaban J connectivity index is 1.48. The predicted octanol–water partition coefficient (Wildman–Crippen LogP) is 1.73. The normalized spacial score (nSPS) is 30.7. The fourth-order valence-electron chi connectivity index (χ4n) is 4.33. The molecule has 0 N–H and O–H groups in total. The van der Waals surface area contributed by atoms with E-state index < -0.39 is 0 Å². The lowest BCUT2D eigenvalue weighted by molar-refractivity contribution is -0.132. The molecule has 3 aliphatic rings. The van der Waals surface area contributed by atoms with Crippen molar-refractivity contribution in [1.82, 2.24) is 9.80 Å². The van der Waals surface area contributed by atoms with Gasteiger partial charge in [-0.2, -0.15) is 0 Å². The predicted molar refractivity (Wildman–Crippen MR) is 91.2 cm³/mol. The molecular weight excluding hydrogens is 304 g/mol. The van der Waals surface area contributed by atoms with Crippen LogP contribution in [-0.2, 0) is 9.53 Å². The number of morpholine rings is 1. The van der Waals surface area contributed by atoms with Gasteiger partial charge in [-0.25, -0.2) is 0 Å². The van der Waals surface area contributed by atoms with Gasteiger partial charge in [0.05, 0.1) is 25.7 Å². The highest BCUT2D eigenvalue weighted by atomic mass is 16.5. The highest BCUT2D eigenvalue weighted by Gasteiger charge is 2.39. The summed E-state index contributed by atoms with van der Waals surface area (Å²) in [5.41, 5.74) is 1.05. The molecule has 3 aliphatic heterocycles. The van der Waals surface area contributed by atoms with Gasteiger partial charge >= 0.3 is 0 Å². The minimum atomic E-state index is -0.0504. The van der Waals surface area contributed by atoms with Crippen molar-refractivity contribution in [3.8, 4) is 5.75 Å². The van der Waals surface area contributed by atoms with Crippen LogP contribution in [-0.4, -0.2) is 67.7 Å². The third-order valence-corrected chi connectivity index (χ3v) is 5.66. The van der Waals surface area contributed by atoms with Crippen LogP contribution in [0.3, 0.4) is 0 Å². The summed E-state index contributed by atoms with van der Waals surface area (Å²) in [7, 11) is 0. The molecule has 0 aliphatic carbocycles. The van der Waals surface area contributed by atoms with Crippen LogP contribution in [0, 0.1) is 5.92 Å². The molecule has 3 heterocycles. The first-order valence-corrected chi connectivity index (χ1v) is 9.06. The number of carbonyl (C=O) groups is 1. The quantitative estimate of drug-likeness (QED) is 0.828. The van der Waals surface area contributed by atoms with E-state index in [4.69, 9.17) is 9.47 Å². The van der Waals surface area contributed by atoms with Crippen molar-refractivity contribution in [3.05, 3.63) is 29.8 Å². The molecule has 0 unspecified atom stereocenters. The van der Waals surface area contributed by atoms with E-state index in [-0.39, 0.29) is 11.8 Å². The lowest BCUT2D eigenvalue weighted by Gasteiger charge is -2.34. The molecule has 2 fully saturated rings. The Labute approximate surface area is 143 Å². The van der Waals surface area contributed by atoms with Gasteiger partial charge in [0.15, 0.2) is 0 Å². The summed E-state index contributed by atoms with van der Waals surface area (Å²) in [6.45, 7) is 8.19. The van der Waals surface area contributed by atoms with E-state index >= 15 is 0 Å². The molecule has 0 bridgehead atoms. The first-order valence-electron chi connectivity index (χ1n) is 9.06. The maximum absolute atomic E-state index is 13.2. The summed E-state index contributed by atoms with van der Waals surface area (Å²) >= 11 is 0. The molecule has 1 amide bonds. The maximum Gasteiger partial charge on any atom is 0.230 e. The van der Waals surface area contributed by atoms with Gasteiger partial charge in [0.2, 0.25) is 5.91 Å². The van der Waals surface area contributed by atoms with Crippen LogP contribution in [0.5, 0.6) is 5.75 Å². The van der Waals surface area contributed by atoms with Crippen LogP contribution in [0.1, 0.15) is 24.8 Å². The largest absolute Gasteiger partial charge is 0.493 e. The van der Waals surface area contributed by atoms with E-state index in [1.807, 2.05) is 24.3 Å². The molecule has 3 atom stereocenters. The van der Waals surface area contributed by atoms with E-state index in [9.17, 15) is 4.79 Å². The summed E-state index contributed by atoms with van der Waals surface area (Å²) in [5.74, 6) is 1.61. The molecule has 1 aromatic rings. The van der Waals surface area contributed by atoms with E-state index in [0.717, 1.165) is 57.1 Å². The van der Waals surface area contributed by atoms with Gasteiger partial charge in [0.25, 0.3) is 0 Å². The van der Waals surface area contributed by atoms with Crippen LogP contribution >= 0.6 is 0 Å². The lowest BCUT2D eigenvalue weighted by Crippen LogP contribution is -2.47. The average Bonchev–Trinajstić information content (AvgIpc) is 3.03. The SMILES string of the molecule is C[C@@H]1CN(C(=O)[C@H]2CCOc3ccccc32)C[C@H]1N1CCOCC1. The fraction of sp³-hybridized carbons (Fsp3) is 0.632. The first kappa shape index (κ1) is 15.9. The Kier molecular flexibility index (Phi) is 4.46. The molecule has 0 spiro atoms. The molecule has 24 heavy (non-hydrogen) atoms. The second-order valence-corrected chi connectivity index (χ2v) is 7.16. The van der Waals surface area contributed by atoms with Crippen molar-refractivity contribution in [2.24, 2.45) is 5.92 Å². The number of rotatable bonds is 2. The molecule has 4 rings (SSSR count). The summed E-state index contributed by atoms with van der Waals surface area (Å²) in [4.78, 5) is 17.7. The molecule has 130 valence electrons. The minimum Gasteiger partial charge on any atom is -0.493 e. The van der Waals surface area contributed by atoms with Crippen molar-refractivity contribution < 1.29 is 14.3 Å². The summed E-state index contributed by atoms with van der Waals surface area (Å²) in [6, 6.07) is 8.44. The molecule has 5 heteroatoms. The zero-order valence-electron chi connectivity index (χ0n) is 14.3. The van der Waals surface area contributed by atoms with Crippen LogP contribution in [0.2, 0.25) is 0 Å². The molecule has 1 aromatic carbocycles. The van der Waals surface area contributed by atoms with Gasteiger partial charge in [-0.15, -0.1) is 0 Å². The Morgan fingerprint density at radius 1 is 1.12 bits per heavy atom. The second kappa shape index (κ2) is 6.73. The molecule has 5 nitrogen and oxygen atoms in total. The van der Waals surface area contributed by atoms with E-state index in [1.165, 1.54) is 0 Å². The Hall–Kier alpha value is -1.59. The fourth-order valence-corrected chi connectivity index (χ4v) is 4.33. The highest BCUT2D eigenvalue weighted by Crippen LogP contribution is 2.36. The molecule has 0 radical (unpaired) electrons. The van der Waals surface area contributed by atoms with Crippen molar-refractivity contribution in [1.29, 1.82) is 0 Å². The second-order valence-electron chi connectivity index (χ2n) is 7.16. The Morgan fingerprint density at radius 3 is 2.75 bits per heavy atom. The molecule has 0 saturated carbocycles. The number of para-hydroxylation sites is 1. The third-order valence-electron chi connectivity index (χ3n) is 5.66. The van der Waals surface area contributed by atoms with Crippen LogP contribution in [0.4, 0.5) is 0 Å². The third kappa shape index (κ3) is 2.91. The number of benzene rings is 1. The Morgan fingerprint density at radius 2 is 1.92 bits per heavy atom. The van der Waals surface area contributed by atoms with Gasteiger partial charge in [0.1, 0.15) is 5.75 Å². The van der Waals surface area contributed by atoms with Gasteiger partial charge in [0, 0.05) is 37.8 Å². The van der Waals surface area contributed by atoms with E-state index in [0.29, 0.717) is 18.6 Å². The smallest absolute Gasteiger partial charge is 0.230 e. The van der Waals surface area contributed by atoms with Gasteiger partial charge in [-0.1, -0.05) is 25.1 Å². The van der Waals surface area contributed by atoms with E-state index in [2.05, 4.69) is 16.7 Å². The summed E-state index contributed by atoms with van der Waals surface area (Å²) in [5, 5.41) is 0. The number of hydrogen-bond acceptors (Lipinski definition) is 4. The summed E-state index contributed by atoms with van der Waals surface area (Å²) < 4.78 is 11.2. The number of likely N-dealkylation sites (tertiary alicyclic amines) is 1. The minimum absolute atomic E-state index is 0.0504. The topological polar surface area (TPSA) is 42.0 Å². The molecule has 0 aromatic heterocycles. The van der Waals surface area contributed by atoms with Crippen molar-refractivity contribution in [2.75, 3.05) is 46.0 Å². The number of ether oxygens (including phenoxy) is 2. The van der Waals surface area contributed by atoms with Crippen molar-refractivity contribution >= 4 is 5.91 Å². The molecular formula is C19H26N2O3. The van der Waals surface area contributed by atoms with Gasteiger partial charge < -0.3 is 14.4 Å². The zero-order valence-corrected chi connectivity index (χ0v) is 14.3. The standard InChI is InChI=1S/C19H26N2O3/c1-14-12-21(13-17(14)20-7-10-23-11-8-20)19(22)16-6-9-24-18-5-3-2-4-15(16)18/h2-5,14,16-17H,6-13H2,1H3/t14-,16+,17-/m1/s1. The number of fused-ring (bicyclic) bond motifs is 1. The van der Waals surface area contributed by atoms with Gasteiger partial charge in [-0.3, -0.25) is 9.69 Å². The van der Waals surface area contributed by atoms with Crippen LogP contribution < -0.4 is 4.74 Å². The summed E-state index contributed by atoms with van der Waals surface area (Å²) in [6.07, 6.45) is 0.781. The monoisotopic (exact) mass is 330 g/mol.